The average Bonchev–Trinajstić information content (AvgIpc) is 2.52. The number of nitrogens with one attached hydrogen (secondary N) is 1. The maximum atomic E-state index is 9.80. The second-order valence-electron chi connectivity index (χ2n) is 4.80. The molecule has 0 spiro atoms. The Balaban J connectivity index is 1.93. The number of hydrogen-bond acceptors (Lipinski definition) is 8. The predicted octanol–water partition coefficient (Wildman–Crippen LogP) is -1.64. The van der Waals surface area contributed by atoms with Crippen molar-refractivity contribution in [3.05, 3.63) is 30.3 Å². The van der Waals surface area contributed by atoms with Crippen molar-refractivity contribution in [2.45, 2.75) is 30.7 Å². The predicted molar refractivity (Wildman–Crippen MR) is 72.8 cm³/mol. The summed E-state index contributed by atoms with van der Waals surface area (Å²) >= 11 is 0. The number of anilines is 1. The molecule has 8 heteroatoms. The third-order valence-corrected chi connectivity index (χ3v) is 3.30. The van der Waals surface area contributed by atoms with Gasteiger partial charge in [0.25, 0.3) is 0 Å². The van der Waals surface area contributed by atoms with E-state index in [9.17, 15) is 15.3 Å². The second kappa shape index (κ2) is 7.14. The van der Waals surface area contributed by atoms with Crippen molar-refractivity contribution < 1.29 is 30.0 Å². The third-order valence-electron chi connectivity index (χ3n) is 3.30. The van der Waals surface area contributed by atoms with Gasteiger partial charge in [-0.05, 0) is 12.1 Å². The van der Waals surface area contributed by atoms with Gasteiger partial charge in [-0.3, -0.25) is 5.01 Å². The van der Waals surface area contributed by atoms with E-state index in [2.05, 4.69) is 5.59 Å². The molecular weight excluding hydrogens is 280 g/mol. The van der Waals surface area contributed by atoms with Gasteiger partial charge in [0.2, 0.25) is 6.29 Å². The molecule has 5 atom stereocenters. The maximum Gasteiger partial charge on any atom is 0.208 e. The van der Waals surface area contributed by atoms with Crippen LogP contribution in [0.2, 0.25) is 0 Å². The monoisotopic (exact) mass is 300 g/mol. The van der Waals surface area contributed by atoms with Crippen molar-refractivity contribution >= 4 is 5.69 Å². The molecular formula is C13H20N2O6. The molecule has 21 heavy (non-hydrogen) atoms. The first-order valence-electron chi connectivity index (χ1n) is 6.55. The Labute approximate surface area is 122 Å². The van der Waals surface area contributed by atoms with E-state index in [-0.39, 0.29) is 0 Å². The molecule has 0 aromatic heterocycles. The third kappa shape index (κ3) is 3.69. The molecule has 1 fully saturated rings. The quantitative estimate of drug-likeness (QED) is 0.411. The fraction of sp³-hybridized carbons (Fsp3) is 0.538. The van der Waals surface area contributed by atoms with E-state index in [1.807, 2.05) is 30.3 Å². The molecule has 1 aliphatic rings. The maximum absolute atomic E-state index is 9.80. The highest BCUT2D eigenvalue weighted by molar-refractivity contribution is 5.43. The highest BCUT2D eigenvalue weighted by Gasteiger charge is 2.44. The summed E-state index contributed by atoms with van der Waals surface area (Å²) in [5, 5.41) is 39.7. The molecule has 2 rings (SSSR count). The number of aliphatic hydroxyl groups is 4. The molecule has 0 bridgehead atoms. The van der Waals surface area contributed by atoms with Gasteiger partial charge in [0.1, 0.15) is 24.4 Å². The van der Waals surface area contributed by atoms with Crippen LogP contribution in [-0.2, 0) is 9.57 Å². The Morgan fingerprint density at radius 3 is 2.43 bits per heavy atom. The van der Waals surface area contributed by atoms with Crippen molar-refractivity contribution in [1.29, 1.82) is 0 Å². The summed E-state index contributed by atoms with van der Waals surface area (Å²) in [4.78, 5) is 5.18. The van der Waals surface area contributed by atoms with Crippen LogP contribution in [0.3, 0.4) is 0 Å². The van der Waals surface area contributed by atoms with Crippen LogP contribution >= 0.6 is 0 Å². The molecule has 0 radical (unpaired) electrons. The van der Waals surface area contributed by atoms with E-state index in [1.165, 1.54) is 0 Å². The van der Waals surface area contributed by atoms with Crippen molar-refractivity contribution in [3.63, 3.8) is 0 Å². The van der Waals surface area contributed by atoms with Crippen LogP contribution in [0.25, 0.3) is 0 Å². The lowest BCUT2D eigenvalue weighted by atomic mass is 9.99. The standard InChI is InChI=1S/C13H20N2O6/c1-15(8-5-3-2-4-6-8)14-21-13-12(19)11(18)10(17)9(7-16)20-13/h2-6,9-14,16-19H,7H2,1H3/t9-,10-,11+,12-,13-/m0/s1. The van der Waals surface area contributed by atoms with Crippen molar-refractivity contribution in [3.8, 4) is 0 Å². The topological polar surface area (TPSA) is 115 Å². The fourth-order valence-corrected chi connectivity index (χ4v) is 2.00. The molecule has 8 nitrogen and oxygen atoms in total. The van der Waals surface area contributed by atoms with Gasteiger partial charge in [-0.25, -0.2) is 4.84 Å². The summed E-state index contributed by atoms with van der Waals surface area (Å²) in [5.41, 5.74) is 3.36. The van der Waals surface area contributed by atoms with Gasteiger partial charge in [0.05, 0.1) is 12.3 Å². The van der Waals surface area contributed by atoms with Gasteiger partial charge in [-0.15, -0.1) is 5.59 Å². The minimum Gasteiger partial charge on any atom is -0.394 e. The Morgan fingerprint density at radius 2 is 1.81 bits per heavy atom. The Morgan fingerprint density at radius 1 is 1.14 bits per heavy atom. The van der Waals surface area contributed by atoms with Crippen LogP contribution in [0.4, 0.5) is 5.69 Å². The molecule has 1 saturated heterocycles. The first-order chi connectivity index (χ1) is 10.0. The highest BCUT2D eigenvalue weighted by Crippen LogP contribution is 2.21. The van der Waals surface area contributed by atoms with E-state index < -0.39 is 37.3 Å². The van der Waals surface area contributed by atoms with E-state index >= 15 is 0 Å². The minimum absolute atomic E-state index is 0.501. The summed E-state index contributed by atoms with van der Waals surface area (Å²) in [6.45, 7) is -0.501. The Bertz CT molecular complexity index is 432. The molecule has 1 aromatic rings. The first-order valence-corrected chi connectivity index (χ1v) is 6.55. The molecule has 0 unspecified atom stereocenters. The minimum atomic E-state index is -1.47. The number of para-hydroxylation sites is 1. The van der Waals surface area contributed by atoms with Gasteiger partial charge in [-0.1, -0.05) is 18.2 Å². The lowest BCUT2D eigenvalue weighted by Crippen LogP contribution is -2.60. The van der Waals surface area contributed by atoms with E-state index in [0.29, 0.717) is 0 Å². The molecule has 118 valence electrons. The van der Waals surface area contributed by atoms with Crippen LogP contribution in [0, 0.1) is 0 Å². The number of ether oxygens (including phenoxy) is 1. The van der Waals surface area contributed by atoms with Gasteiger partial charge in [0.15, 0.2) is 0 Å². The Kier molecular flexibility index (Phi) is 5.48. The molecule has 1 aliphatic heterocycles. The molecule has 1 heterocycles. The molecule has 5 N–H and O–H groups in total. The van der Waals surface area contributed by atoms with E-state index in [0.717, 1.165) is 5.69 Å². The van der Waals surface area contributed by atoms with E-state index in [4.69, 9.17) is 14.7 Å². The fourth-order valence-electron chi connectivity index (χ4n) is 2.00. The van der Waals surface area contributed by atoms with Crippen molar-refractivity contribution in [2.24, 2.45) is 0 Å². The van der Waals surface area contributed by atoms with Crippen LogP contribution in [-0.4, -0.2) is 64.8 Å². The normalized spacial score (nSPS) is 32.9. The number of benzene rings is 1. The number of rotatable bonds is 5. The zero-order chi connectivity index (χ0) is 15.4. The van der Waals surface area contributed by atoms with Gasteiger partial charge in [0, 0.05) is 7.05 Å². The highest BCUT2D eigenvalue weighted by atomic mass is 16.8. The summed E-state index contributed by atoms with van der Waals surface area (Å²) in [6.07, 6.45) is -6.55. The first kappa shape index (κ1) is 16.1. The molecule has 0 amide bonds. The SMILES string of the molecule is CN(NO[C@@H]1O[C@@H](CO)[C@H](O)[C@@H](O)[C@@H]1O)c1ccccc1. The van der Waals surface area contributed by atoms with Gasteiger partial charge in [-0.2, -0.15) is 0 Å². The number of hydrazine groups is 1. The summed E-state index contributed by atoms with van der Waals surface area (Å²) in [7, 11) is 1.69. The number of nitrogens with zero attached hydrogens (tertiary/aromatic N) is 1. The van der Waals surface area contributed by atoms with Gasteiger partial charge < -0.3 is 25.2 Å². The number of hydrogen-bond donors (Lipinski definition) is 5. The van der Waals surface area contributed by atoms with Crippen molar-refractivity contribution in [1.82, 2.24) is 5.59 Å². The van der Waals surface area contributed by atoms with Crippen LogP contribution in [0.15, 0.2) is 30.3 Å². The lowest BCUT2D eigenvalue weighted by Gasteiger charge is -2.39. The molecule has 0 aliphatic carbocycles. The van der Waals surface area contributed by atoms with Crippen LogP contribution in [0.1, 0.15) is 0 Å². The smallest absolute Gasteiger partial charge is 0.208 e. The summed E-state index contributed by atoms with van der Waals surface area (Å²) in [6, 6.07) is 9.24. The zero-order valence-corrected chi connectivity index (χ0v) is 11.5. The lowest BCUT2D eigenvalue weighted by molar-refractivity contribution is -0.316. The molecule has 1 aromatic carbocycles. The Hall–Kier alpha value is -1.26. The number of aliphatic hydroxyl groups excluding tert-OH is 4. The average molecular weight is 300 g/mol. The summed E-state index contributed by atoms with van der Waals surface area (Å²) < 4.78 is 5.20. The van der Waals surface area contributed by atoms with E-state index in [1.54, 1.807) is 12.1 Å². The van der Waals surface area contributed by atoms with Crippen LogP contribution < -0.4 is 10.6 Å². The largest absolute Gasteiger partial charge is 0.394 e. The summed E-state index contributed by atoms with van der Waals surface area (Å²) in [5.74, 6) is 0. The zero-order valence-electron chi connectivity index (χ0n) is 11.5. The molecule has 0 saturated carbocycles. The van der Waals surface area contributed by atoms with Crippen molar-refractivity contribution in [2.75, 3.05) is 18.7 Å². The van der Waals surface area contributed by atoms with Gasteiger partial charge >= 0.3 is 0 Å². The second-order valence-corrected chi connectivity index (χ2v) is 4.80. The van der Waals surface area contributed by atoms with Crippen LogP contribution in [0.5, 0.6) is 0 Å².